The zero-order valence-electron chi connectivity index (χ0n) is 12.8. The van der Waals surface area contributed by atoms with Crippen molar-refractivity contribution in [2.45, 2.75) is 73.0 Å². The average Bonchev–Trinajstić information content (AvgIpc) is 2.14. The molecule has 104 valence electrons. The number of rotatable bonds is 10. The highest BCUT2D eigenvalue weighted by molar-refractivity contribution is 4.70. The minimum atomic E-state index is 0.358. The molecule has 2 heteroatoms. The third-order valence-corrected chi connectivity index (χ3v) is 2.72. The minimum absolute atomic E-state index is 0.358. The Hall–Kier alpha value is -0.0800. The fourth-order valence-corrected chi connectivity index (χ4v) is 2.10. The topological polar surface area (TPSA) is 21.3 Å². The molecule has 0 aliphatic heterocycles. The maximum atomic E-state index is 5.55. The van der Waals surface area contributed by atoms with Gasteiger partial charge >= 0.3 is 0 Å². The molecule has 0 aliphatic rings. The number of hydrogen-bond acceptors (Lipinski definition) is 2. The summed E-state index contributed by atoms with van der Waals surface area (Å²) >= 11 is 0. The predicted octanol–water partition coefficient (Wildman–Crippen LogP) is 3.85. The zero-order valence-corrected chi connectivity index (χ0v) is 12.8. The number of hydrogen-bond donors (Lipinski definition) is 1. The van der Waals surface area contributed by atoms with Crippen LogP contribution < -0.4 is 5.32 Å². The molecule has 0 amide bonds. The maximum absolute atomic E-state index is 5.55. The molecule has 0 bridgehead atoms. The Morgan fingerprint density at radius 1 is 0.882 bits per heavy atom. The predicted molar refractivity (Wildman–Crippen MR) is 76.4 cm³/mol. The van der Waals surface area contributed by atoms with Crippen molar-refractivity contribution >= 4 is 0 Å². The lowest BCUT2D eigenvalue weighted by Gasteiger charge is -2.22. The third-order valence-electron chi connectivity index (χ3n) is 2.72. The first kappa shape index (κ1) is 16.9. The monoisotopic (exact) mass is 243 g/mol. The van der Waals surface area contributed by atoms with Crippen LogP contribution in [0.1, 0.15) is 60.8 Å². The SMILES string of the molecule is CC(C)CC(CC(C)C)NCCCOC(C)C. The van der Waals surface area contributed by atoms with Crippen molar-refractivity contribution in [2.75, 3.05) is 13.2 Å². The molecule has 0 unspecified atom stereocenters. The number of ether oxygens (including phenoxy) is 1. The van der Waals surface area contributed by atoms with Crippen LogP contribution >= 0.6 is 0 Å². The molecular formula is C15H33NO. The quantitative estimate of drug-likeness (QED) is 0.588. The lowest BCUT2D eigenvalue weighted by molar-refractivity contribution is 0.0764. The molecule has 0 atom stereocenters. The Bertz CT molecular complexity index is 156. The summed E-state index contributed by atoms with van der Waals surface area (Å²) < 4.78 is 5.55. The van der Waals surface area contributed by atoms with Crippen LogP contribution in [-0.4, -0.2) is 25.3 Å². The zero-order chi connectivity index (χ0) is 13.3. The van der Waals surface area contributed by atoms with E-state index in [-0.39, 0.29) is 0 Å². The Morgan fingerprint density at radius 3 is 1.82 bits per heavy atom. The van der Waals surface area contributed by atoms with E-state index in [2.05, 4.69) is 46.9 Å². The van der Waals surface area contributed by atoms with Gasteiger partial charge in [0.15, 0.2) is 0 Å². The summed E-state index contributed by atoms with van der Waals surface area (Å²) in [6, 6.07) is 0.675. The second-order valence-electron chi connectivity index (χ2n) is 6.18. The Morgan fingerprint density at radius 2 is 1.41 bits per heavy atom. The van der Waals surface area contributed by atoms with E-state index in [1.807, 2.05) is 0 Å². The van der Waals surface area contributed by atoms with Crippen LogP contribution in [0.4, 0.5) is 0 Å². The molecule has 0 fully saturated rings. The molecule has 0 rings (SSSR count). The highest BCUT2D eigenvalue weighted by atomic mass is 16.5. The van der Waals surface area contributed by atoms with E-state index in [0.717, 1.165) is 31.4 Å². The average molecular weight is 243 g/mol. The van der Waals surface area contributed by atoms with Crippen molar-refractivity contribution in [3.05, 3.63) is 0 Å². The van der Waals surface area contributed by atoms with Gasteiger partial charge in [0.25, 0.3) is 0 Å². The maximum Gasteiger partial charge on any atom is 0.0518 e. The molecule has 0 saturated carbocycles. The van der Waals surface area contributed by atoms with Gasteiger partial charge in [0.2, 0.25) is 0 Å². The van der Waals surface area contributed by atoms with Crippen molar-refractivity contribution in [3.8, 4) is 0 Å². The molecule has 0 spiro atoms. The van der Waals surface area contributed by atoms with E-state index in [4.69, 9.17) is 4.74 Å². The lowest BCUT2D eigenvalue weighted by atomic mass is 9.95. The standard InChI is InChI=1S/C15H33NO/c1-12(2)10-15(11-13(3)4)16-8-7-9-17-14(5)6/h12-16H,7-11H2,1-6H3. The number of nitrogens with one attached hydrogen (secondary N) is 1. The van der Waals surface area contributed by atoms with Gasteiger partial charge in [0.05, 0.1) is 6.10 Å². The van der Waals surface area contributed by atoms with Gasteiger partial charge in [0.1, 0.15) is 0 Å². The van der Waals surface area contributed by atoms with E-state index in [1.54, 1.807) is 0 Å². The van der Waals surface area contributed by atoms with Gasteiger partial charge in [-0.25, -0.2) is 0 Å². The normalized spacial score (nSPS) is 12.4. The molecule has 0 radical (unpaired) electrons. The van der Waals surface area contributed by atoms with Gasteiger partial charge in [-0.15, -0.1) is 0 Å². The summed E-state index contributed by atoms with van der Waals surface area (Å²) in [6.45, 7) is 15.3. The van der Waals surface area contributed by atoms with E-state index < -0.39 is 0 Å². The van der Waals surface area contributed by atoms with Crippen molar-refractivity contribution in [1.29, 1.82) is 0 Å². The highest BCUT2D eigenvalue weighted by Crippen LogP contribution is 2.13. The first-order valence-electron chi connectivity index (χ1n) is 7.26. The van der Waals surface area contributed by atoms with E-state index in [9.17, 15) is 0 Å². The van der Waals surface area contributed by atoms with Crippen LogP contribution in [-0.2, 0) is 4.74 Å². The van der Waals surface area contributed by atoms with Crippen LogP contribution in [0, 0.1) is 11.8 Å². The lowest BCUT2D eigenvalue weighted by Crippen LogP contribution is -2.33. The van der Waals surface area contributed by atoms with Crippen LogP contribution in [0.25, 0.3) is 0 Å². The molecule has 0 aromatic carbocycles. The first-order valence-corrected chi connectivity index (χ1v) is 7.26. The van der Waals surface area contributed by atoms with Gasteiger partial charge in [-0.05, 0) is 51.5 Å². The van der Waals surface area contributed by atoms with Gasteiger partial charge < -0.3 is 10.1 Å². The molecule has 0 aromatic rings. The van der Waals surface area contributed by atoms with E-state index in [0.29, 0.717) is 12.1 Å². The molecule has 0 saturated heterocycles. The molecule has 0 aromatic heterocycles. The van der Waals surface area contributed by atoms with Crippen LogP contribution in [0.5, 0.6) is 0 Å². The van der Waals surface area contributed by atoms with E-state index >= 15 is 0 Å². The van der Waals surface area contributed by atoms with Crippen molar-refractivity contribution in [1.82, 2.24) is 5.32 Å². The fraction of sp³-hybridized carbons (Fsp3) is 1.00. The van der Waals surface area contributed by atoms with Gasteiger partial charge in [-0.3, -0.25) is 0 Å². The first-order chi connectivity index (χ1) is 7.91. The summed E-state index contributed by atoms with van der Waals surface area (Å²) in [5.41, 5.74) is 0. The van der Waals surface area contributed by atoms with Crippen molar-refractivity contribution in [2.24, 2.45) is 11.8 Å². The summed E-state index contributed by atoms with van der Waals surface area (Å²) in [7, 11) is 0. The van der Waals surface area contributed by atoms with Crippen molar-refractivity contribution in [3.63, 3.8) is 0 Å². The minimum Gasteiger partial charge on any atom is -0.379 e. The van der Waals surface area contributed by atoms with Crippen LogP contribution in [0.3, 0.4) is 0 Å². The Kier molecular flexibility index (Phi) is 9.85. The summed E-state index contributed by atoms with van der Waals surface area (Å²) in [5, 5.41) is 3.68. The summed E-state index contributed by atoms with van der Waals surface area (Å²) in [4.78, 5) is 0. The van der Waals surface area contributed by atoms with Gasteiger partial charge in [0, 0.05) is 12.6 Å². The molecular weight excluding hydrogens is 210 g/mol. The van der Waals surface area contributed by atoms with Gasteiger partial charge in [-0.2, -0.15) is 0 Å². The highest BCUT2D eigenvalue weighted by Gasteiger charge is 2.11. The summed E-state index contributed by atoms with van der Waals surface area (Å²) in [5.74, 6) is 1.55. The Balaban J connectivity index is 3.68. The molecule has 0 heterocycles. The molecule has 2 nitrogen and oxygen atoms in total. The second kappa shape index (κ2) is 9.90. The van der Waals surface area contributed by atoms with E-state index in [1.165, 1.54) is 12.8 Å². The second-order valence-corrected chi connectivity index (χ2v) is 6.18. The molecule has 17 heavy (non-hydrogen) atoms. The van der Waals surface area contributed by atoms with Crippen LogP contribution in [0.2, 0.25) is 0 Å². The van der Waals surface area contributed by atoms with Crippen molar-refractivity contribution < 1.29 is 4.74 Å². The van der Waals surface area contributed by atoms with Gasteiger partial charge in [-0.1, -0.05) is 27.7 Å². The largest absolute Gasteiger partial charge is 0.379 e. The molecule has 1 N–H and O–H groups in total. The Labute approximate surface area is 109 Å². The van der Waals surface area contributed by atoms with Crippen LogP contribution in [0.15, 0.2) is 0 Å². The summed E-state index contributed by atoms with van der Waals surface area (Å²) in [6.07, 6.45) is 4.04. The smallest absolute Gasteiger partial charge is 0.0518 e. The molecule has 0 aliphatic carbocycles. The fourth-order valence-electron chi connectivity index (χ4n) is 2.10. The third kappa shape index (κ3) is 12.2.